The van der Waals surface area contributed by atoms with E-state index < -0.39 is 6.04 Å². The van der Waals surface area contributed by atoms with Gasteiger partial charge in [0, 0.05) is 37.8 Å². The van der Waals surface area contributed by atoms with Crippen molar-refractivity contribution in [3.05, 3.63) is 71.3 Å². The Balaban J connectivity index is 1.68. The van der Waals surface area contributed by atoms with Gasteiger partial charge in [-0.05, 0) is 35.7 Å². The number of fused-ring (bicyclic) bond motifs is 1. The van der Waals surface area contributed by atoms with E-state index in [9.17, 15) is 9.18 Å². The molecule has 0 saturated heterocycles. The van der Waals surface area contributed by atoms with E-state index in [2.05, 4.69) is 15.2 Å². The predicted octanol–water partition coefficient (Wildman–Crippen LogP) is 3.85. The number of ether oxygens (including phenoxy) is 1. The van der Waals surface area contributed by atoms with E-state index in [-0.39, 0.29) is 17.7 Å². The fourth-order valence-corrected chi connectivity index (χ4v) is 3.95. The second-order valence-corrected chi connectivity index (χ2v) is 8.51. The topological polar surface area (TPSA) is 80.2 Å². The number of carbonyl (C=O) groups excluding carboxylic acids is 1. The van der Waals surface area contributed by atoms with E-state index >= 15 is 0 Å². The summed E-state index contributed by atoms with van der Waals surface area (Å²) in [5, 5.41) is 3.33. The van der Waals surface area contributed by atoms with Gasteiger partial charge in [0.15, 0.2) is 5.82 Å². The zero-order valence-electron chi connectivity index (χ0n) is 19.1. The first-order valence-corrected chi connectivity index (χ1v) is 11.1. The van der Waals surface area contributed by atoms with Crippen molar-refractivity contribution in [3.63, 3.8) is 0 Å². The van der Waals surface area contributed by atoms with Crippen molar-refractivity contribution < 1.29 is 13.9 Å². The van der Waals surface area contributed by atoms with E-state index in [0.29, 0.717) is 30.4 Å². The predicted molar refractivity (Wildman–Crippen MR) is 124 cm³/mol. The molecule has 8 heteroatoms. The summed E-state index contributed by atoms with van der Waals surface area (Å²) in [4.78, 5) is 28.7. The number of halogens is 1. The van der Waals surface area contributed by atoms with Gasteiger partial charge >= 0.3 is 5.97 Å². The van der Waals surface area contributed by atoms with Crippen LogP contribution in [-0.4, -0.2) is 45.5 Å². The number of anilines is 1. The smallest absolute Gasteiger partial charge is 0.328 e. The number of pyridine rings is 1. The summed E-state index contributed by atoms with van der Waals surface area (Å²) in [6.45, 7) is 6.04. The van der Waals surface area contributed by atoms with Gasteiger partial charge < -0.3 is 10.1 Å². The third kappa shape index (κ3) is 5.34. The monoisotopic (exact) mass is 449 g/mol. The maximum absolute atomic E-state index is 13.3. The fourth-order valence-electron chi connectivity index (χ4n) is 3.95. The molecule has 1 N–H and O–H groups in total. The van der Waals surface area contributed by atoms with Crippen LogP contribution in [0.25, 0.3) is 11.5 Å². The zero-order chi connectivity index (χ0) is 23.4. The van der Waals surface area contributed by atoms with Crippen LogP contribution in [-0.2, 0) is 29.0 Å². The van der Waals surface area contributed by atoms with Gasteiger partial charge in [-0.15, -0.1) is 0 Å². The number of rotatable bonds is 7. The maximum Gasteiger partial charge on any atom is 0.328 e. The number of benzene rings is 1. The quantitative estimate of drug-likeness (QED) is 0.549. The van der Waals surface area contributed by atoms with Crippen LogP contribution in [0.4, 0.5) is 10.2 Å². The van der Waals surface area contributed by atoms with E-state index in [0.717, 1.165) is 29.8 Å². The van der Waals surface area contributed by atoms with Gasteiger partial charge in [0.2, 0.25) is 0 Å². The van der Waals surface area contributed by atoms with Gasteiger partial charge in [-0.1, -0.05) is 32.0 Å². The molecule has 0 unspecified atom stereocenters. The summed E-state index contributed by atoms with van der Waals surface area (Å²) in [5.41, 5.74) is 3.61. The van der Waals surface area contributed by atoms with Gasteiger partial charge in [-0.25, -0.2) is 19.2 Å². The molecule has 4 rings (SSSR count). The van der Waals surface area contributed by atoms with Gasteiger partial charge in [-0.2, -0.15) is 0 Å². The standard InChI is InChI=1S/C25H28FN5O2/c1-16(2)22(25(32)33-3)29-23-19-15-31(14-17-7-9-18(26)10-8-17)13-11-20(19)28-24(30-23)21-6-4-5-12-27-21/h4-10,12,16,22H,11,13-15H2,1-3H3,(H,28,29,30)/t22-/m0/s1. The Bertz CT molecular complexity index is 1110. The van der Waals surface area contributed by atoms with E-state index in [1.54, 1.807) is 18.3 Å². The summed E-state index contributed by atoms with van der Waals surface area (Å²) in [6, 6.07) is 11.6. The van der Waals surface area contributed by atoms with E-state index in [1.807, 2.05) is 32.0 Å². The molecule has 0 saturated carbocycles. The molecule has 0 fully saturated rings. The minimum Gasteiger partial charge on any atom is -0.467 e. The molecule has 7 nitrogen and oxygen atoms in total. The lowest BCUT2D eigenvalue weighted by Crippen LogP contribution is -2.38. The van der Waals surface area contributed by atoms with Crippen LogP contribution >= 0.6 is 0 Å². The number of hydrogen-bond acceptors (Lipinski definition) is 7. The number of hydrogen-bond donors (Lipinski definition) is 1. The lowest BCUT2D eigenvalue weighted by Gasteiger charge is -2.31. The van der Waals surface area contributed by atoms with Crippen molar-refractivity contribution in [1.82, 2.24) is 19.9 Å². The van der Waals surface area contributed by atoms with Gasteiger partial charge in [0.1, 0.15) is 23.4 Å². The molecule has 1 aliphatic rings. The molecule has 0 bridgehead atoms. The summed E-state index contributed by atoms with van der Waals surface area (Å²) in [6.07, 6.45) is 2.44. The van der Waals surface area contributed by atoms with Gasteiger partial charge in [-0.3, -0.25) is 9.88 Å². The van der Waals surface area contributed by atoms with Crippen LogP contribution in [0.1, 0.15) is 30.7 Å². The number of nitrogens with zero attached hydrogens (tertiary/aromatic N) is 4. The lowest BCUT2D eigenvalue weighted by atomic mass is 10.0. The highest BCUT2D eigenvalue weighted by Gasteiger charge is 2.28. The van der Waals surface area contributed by atoms with E-state index in [1.165, 1.54) is 19.2 Å². The Morgan fingerprint density at radius 1 is 1.18 bits per heavy atom. The number of nitrogens with one attached hydrogen (secondary N) is 1. The molecular weight excluding hydrogens is 421 g/mol. The third-order valence-corrected chi connectivity index (χ3v) is 5.77. The van der Waals surface area contributed by atoms with Crippen LogP contribution in [0.3, 0.4) is 0 Å². The van der Waals surface area contributed by atoms with Gasteiger partial charge in [0.05, 0.1) is 12.8 Å². The van der Waals surface area contributed by atoms with Crippen molar-refractivity contribution in [1.29, 1.82) is 0 Å². The summed E-state index contributed by atoms with van der Waals surface area (Å²) in [5.74, 6) is 0.563. The third-order valence-electron chi connectivity index (χ3n) is 5.77. The molecule has 0 aliphatic carbocycles. The minimum atomic E-state index is -0.543. The Kier molecular flexibility index (Phi) is 6.93. The molecule has 1 atom stereocenters. The van der Waals surface area contributed by atoms with Crippen molar-refractivity contribution in [3.8, 4) is 11.5 Å². The van der Waals surface area contributed by atoms with Crippen molar-refractivity contribution >= 4 is 11.8 Å². The van der Waals surface area contributed by atoms with Crippen molar-refractivity contribution in [2.24, 2.45) is 5.92 Å². The zero-order valence-corrected chi connectivity index (χ0v) is 19.1. The molecule has 3 aromatic rings. The van der Waals surface area contributed by atoms with Crippen molar-refractivity contribution in [2.75, 3.05) is 19.0 Å². The van der Waals surface area contributed by atoms with Crippen LogP contribution < -0.4 is 5.32 Å². The number of methoxy groups -OCH3 is 1. The second kappa shape index (κ2) is 10.0. The lowest BCUT2D eigenvalue weighted by molar-refractivity contribution is -0.142. The normalized spacial score (nSPS) is 14.6. The Hall–Kier alpha value is -3.39. The van der Waals surface area contributed by atoms with Gasteiger partial charge in [0.25, 0.3) is 0 Å². The summed E-state index contributed by atoms with van der Waals surface area (Å²) >= 11 is 0. The first-order valence-electron chi connectivity index (χ1n) is 11.1. The molecular formula is C25H28FN5O2. The molecule has 0 spiro atoms. The van der Waals surface area contributed by atoms with E-state index in [4.69, 9.17) is 14.7 Å². The largest absolute Gasteiger partial charge is 0.467 e. The Labute approximate surface area is 193 Å². The fraction of sp³-hybridized carbons (Fsp3) is 0.360. The minimum absolute atomic E-state index is 0.000254. The molecule has 1 aromatic carbocycles. The molecule has 172 valence electrons. The van der Waals surface area contributed by atoms with Crippen LogP contribution in [0, 0.1) is 11.7 Å². The Morgan fingerprint density at radius 3 is 2.64 bits per heavy atom. The summed E-state index contributed by atoms with van der Waals surface area (Å²) < 4.78 is 18.3. The summed E-state index contributed by atoms with van der Waals surface area (Å²) in [7, 11) is 1.39. The molecule has 1 aliphatic heterocycles. The first-order chi connectivity index (χ1) is 15.9. The van der Waals surface area contributed by atoms with Crippen molar-refractivity contribution in [2.45, 2.75) is 39.4 Å². The molecule has 0 radical (unpaired) electrons. The second-order valence-electron chi connectivity index (χ2n) is 8.51. The Morgan fingerprint density at radius 2 is 1.97 bits per heavy atom. The molecule has 0 amide bonds. The average Bonchev–Trinajstić information content (AvgIpc) is 2.83. The maximum atomic E-state index is 13.3. The van der Waals surface area contributed by atoms with Crippen LogP contribution in [0.15, 0.2) is 48.7 Å². The number of aromatic nitrogens is 3. The van der Waals surface area contributed by atoms with Crippen LogP contribution in [0.2, 0.25) is 0 Å². The highest BCUT2D eigenvalue weighted by molar-refractivity contribution is 5.79. The molecule has 33 heavy (non-hydrogen) atoms. The highest BCUT2D eigenvalue weighted by atomic mass is 19.1. The number of esters is 1. The SMILES string of the molecule is COC(=O)[C@@H](Nc1nc(-c2ccccn2)nc2c1CN(Cc1ccc(F)cc1)CC2)C(C)C. The highest BCUT2D eigenvalue weighted by Crippen LogP contribution is 2.29. The molecule has 2 aromatic heterocycles. The first kappa shape index (κ1) is 22.8. The number of carbonyl (C=O) groups is 1. The average molecular weight is 450 g/mol. The molecule has 3 heterocycles. The van der Waals surface area contributed by atoms with Crippen LogP contribution in [0.5, 0.6) is 0 Å².